The quantitative estimate of drug-likeness (QED) is 0.262. The van der Waals surface area contributed by atoms with Crippen molar-refractivity contribution in [1.29, 1.82) is 0 Å². The summed E-state index contributed by atoms with van der Waals surface area (Å²) < 4.78 is 33.3. The van der Waals surface area contributed by atoms with E-state index in [1.807, 2.05) is 0 Å². The molecule has 13 nitrogen and oxygen atoms in total. The first kappa shape index (κ1) is 33.2. The number of amides is 4. The molecule has 248 valence electrons. The van der Waals surface area contributed by atoms with Gasteiger partial charge in [-0.2, -0.15) is 0 Å². The fraction of sp³-hybridized carbons (Fsp3) is 0.455. The molecule has 3 aromatic rings. The average Bonchev–Trinajstić information content (AvgIpc) is 2.95. The van der Waals surface area contributed by atoms with Crippen molar-refractivity contribution < 1.29 is 33.0 Å². The highest BCUT2D eigenvalue weighted by atomic mass is 19.1. The maximum absolute atomic E-state index is 16.6. The van der Waals surface area contributed by atoms with Crippen LogP contribution in [0.5, 0.6) is 5.88 Å². The van der Waals surface area contributed by atoms with Gasteiger partial charge in [0.1, 0.15) is 35.4 Å². The Bertz CT molecular complexity index is 1790. The van der Waals surface area contributed by atoms with Gasteiger partial charge in [0.2, 0.25) is 11.9 Å². The molecule has 14 heteroatoms. The summed E-state index contributed by atoms with van der Waals surface area (Å²) in [7, 11) is 0. The van der Waals surface area contributed by atoms with Crippen LogP contribution in [-0.2, 0) is 9.47 Å². The minimum Gasteiger partial charge on any atom is -0.474 e. The molecular weight excluding hydrogens is 609 g/mol. The van der Waals surface area contributed by atoms with E-state index < -0.39 is 35.2 Å². The number of pyridine rings is 2. The van der Waals surface area contributed by atoms with Crippen LogP contribution in [0.3, 0.4) is 0 Å². The largest absolute Gasteiger partial charge is 0.474 e. The number of hydrogen-bond acceptors (Lipinski definition) is 8. The molecule has 1 saturated carbocycles. The normalized spacial score (nSPS) is 17.4. The molecule has 4 amide bonds. The molecule has 0 bridgehead atoms. The van der Waals surface area contributed by atoms with Gasteiger partial charge >= 0.3 is 18.2 Å². The van der Waals surface area contributed by atoms with Gasteiger partial charge in [-0.15, -0.1) is 0 Å². The highest BCUT2D eigenvalue weighted by Crippen LogP contribution is 2.42. The van der Waals surface area contributed by atoms with Crippen LogP contribution in [0.4, 0.5) is 36.0 Å². The van der Waals surface area contributed by atoms with Crippen molar-refractivity contribution in [1.82, 2.24) is 15.3 Å². The second-order valence-electron chi connectivity index (χ2n) is 13.4. The molecule has 0 spiro atoms. The SMILES string of the molecule is [C-]#[N+][C@H]1CC[C@@H]1NC(=O)Nc1cc2cc(-c3cnc4c(c3C)N(C(=O)OC(C)(C)C)CCO4)c(F)c(NC(=O)OC(C)(C)C)c2cn1. The molecule has 2 aromatic heterocycles. The van der Waals surface area contributed by atoms with E-state index in [-0.39, 0.29) is 53.6 Å². The summed E-state index contributed by atoms with van der Waals surface area (Å²) in [6.45, 7) is 19.7. The van der Waals surface area contributed by atoms with Crippen LogP contribution in [0.2, 0.25) is 0 Å². The van der Waals surface area contributed by atoms with Gasteiger partial charge in [-0.1, -0.05) is 0 Å². The smallest absolute Gasteiger partial charge is 0.415 e. The van der Waals surface area contributed by atoms with Crippen molar-refractivity contribution in [3.63, 3.8) is 0 Å². The fourth-order valence-corrected chi connectivity index (χ4v) is 5.30. The Hall–Kier alpha value is -5.19. The molecule has 3 heterocycles. The van der Waals surface area contributed by atoms with E-state index in [1.165, 1.54) is 17.3 Å². The van der Waals surface area contributed by atoms with E-state index in [9.17, 15) is 14.4 Å². The topological polar surface area (TPSA) is 148 Å². The van der Waals surface area contributed by atoms with E-state index in [0.717, 1.165) is 6.42 Å². The van der Waals surface area contributed by atoms with Gasteiger partial charge < -0.3 is 24.4 Å². The van der Waals surface area contributed by atoms with Crippen molar-refractivity contribution in [2.45, 2.75) is 84.6 Å². The van der Waals surface area contributed by atoms with E-state index in [2.05, 4.69) is 30.8 Å². The van der Waals surface area contributed by atoms with E-state index in [0.29, 0.717) is 28.6 Å². The third kappa shape index (κ3) is 7.29. The number of nitrogens with one attached hydrogen (secondary N) is 3. The Labute approximate surface area is 272 Å². The summed E-state index contributed by atoms with van der Waals surface area (Å²) >= 11 is 0. The van der Waals surface area contributed by atoms with Crippen molar-refractivity contribution in [2.24, 2.45) is 0 Å². The number of halogens is 1. The zero-order chi connectivity index (χ0) is 34.3. The van der Waals surface area contributed by atoms with Crippen molar-refractivity contribution in [3.05, 3.63) is 47.3 Å². The number of ether oxygens (including phenoxy) is 3. The van der Waals surface area contributed by atoms with Crippen LogP contribution >= 0.6 is 0 Å². The van der Waals surface area contributed by atoms with Gasteiger partial charge in [0.25, 0.3) is 0 Å². The summed E-state index contributed by atoms with van der Waals surface area (Å²) in [5.74, 6) is -0.422. The van der Waals surface area contributed by atoms with Gasteiger partial charge in [-0.25, -0.2) is 35.3 Å². The lowest BCUT2D eigenvalue weighted by Crippen LogP contribution is -2.50. The van der Waals surface area contributed by atoms with Gasteiger partial charge in [0.15, 0.2) is 5.82 Å². The molecular formula is C33H38FN7O6. The highest BCUT2D eigenvalue weighted by Gasteiger charge is 2.37. The maximum Gasteiger partial charge on any atom is 0.415 e. The number of urea groups is 1. The van der Waals surface area contributed by atoms with Crippen molar-refractivity contribution >= 4 is 46.2 Å². The number of rotatable bonds is 4. The van der Waals surface area contributed by atoms with Gasteiger partial charge in [-0.05, 0) is 78.0 Å². The van der Waals surface area contributed by atoms with Crippen LogP contribution in [0.25, 0.3) is 26.7 Å². The van der Waals surface area contributed by atoms with Crippen molar-refractivity contribution in [3.8, 4) is 17.0 Å². The first-order chi connectivity index (χ1) is 22.0. The van der Waals surface area contributed by atoms with Gasteiger partial charge in [0, 0.05) is 35.3 Å². The standard InChI is InChI=1S/C33H38FN7O6/c1-17-20(15-37-28-27(17)41(11-12-45-28)31(44)47-33(5,6)7)19-13-18-14-24(39-29(42)38-23-10-9-22(23)35-8)36-16-21(18)26(25(19)34)40-30(43)46-32(2,3)4/h13-16,22-23H,9-12H2,1-7H3,(H,40,43)(H2,36,38,39,42)/t22-,23-/m0/s1. The summed E-state index contributed by atoms with van der Waals surface area (Å²) in [6.07, 6.45) is 2.73. The summed E-state index contributed by atoms with van der Waals surface area (Å²) in [5, 5.41) is 8.67. The molecule has 2 aliphatic rings. The molecule has 0 radical (unpaired) electrons. The maximum atomic E-state index is 16.6. The lowest BCUT2D eigenvalue weighted by Gasteiger charge is -2.32. The van der Waals surface area contributed by atoms with Crippen LogP contribution in [0, 0.1) is 19.3 Å². The Kier molecular flexibility index (Phi) is 8.85. The van der Waals surface area contributed by atoms with Gasteiger partial charge in [-0.3, -0.25) is 15.5 Å². The Morgan fingerprint density at radius 3 is 2.38 bits per heavy atom. The summed E-state index contributed by atoms with van der Waals surface area (Å²) in [5.41, 5.74) is -0.588. The molecule has 1 aromatic carbocycles. The summed E-state index contributed by atoms with van der Waals surface area (Å²) in [4.78, 5) is 52.4. The van der Waals surface area contributed by atoms with Crippen LogP contribution in [-0.4, -0.2) is 64.6 Å². The van der Waals surface area contributed by atoms with Crippen LogP contribution in [0.15, 0.2) is 24.5 Å². The molecule has 0 unspecified atom stereocenters. The molecule has 47 heavy (non-hydrogen) atoms. The lowest BCUT2D eigenvalue weighted by atomic mass is 9.87. The molecule has 2 atom stereocenters. The zero-order valence-electron chi connectivity index (χ0n) is 27.4. The Morgan fingerprint density at radius 2 is 1.74 bits per heavy atom. The second kappa shape index (κ2) is 12.5. The molecule has 1 aliphatic carbocycles. The molecule has 0 saturated heterocycles. The number of benzene rings is 1. The predicted molar refractivity (Wildman–Crippen MR) is 174 cm³/mol. The van der Waals surface area contributed by atoms with E-state index >= 15 is 4.39 Å². The first-order valence-corrected chi connectivity index (χ1v) is 15.2. The molecule has 1 aliphatic heterocycles. The predicted octanol–water partition coefficient (Wildman–Crippen LogP) is 6.80. The van der Waals surface area contributed by atoms with E-state index in [1.54, 1.807) is 60.6 Å². The number of carbonyl (C=O) groups is 3. The number of anilines is 3. The lowest BCUT2D eigenvalue weighted by molar-refractivity contribution is 0.0565. The van der Waals surface area contributed by atoms with Crippen LogP contribution < -0.4 is 25.6 Å². The monoisotopic (exact) mass is 647 g/mol. The van der Waals surface area contributed by atoms with E-state index in [4.69, 9.17) is 20.8 Å². The second-order valence-corrected chi connectivity index (χ2v) is 13.4. The summed E-state index contributed by atoms with van der Waals surface area (Å²) in [6, 6.07) is 2.06. The number of fused-ring (bicyclic) bond motifs is 2. The van der Waals surface area contributed by atoms with Gasteiger partial charge in [0.05, 0.1) is 12.2 Å². The average molecular weight is 648 g/mol. The Balaban J connectivity index is 1.59. The number of carbonyl (C=O) groups excluding carboxylic acids is 3. The Morgan fingerprint density at radius 1 is 1.02 bits per heavy atom. The molecule has 1 fully saturated rings. The third-order valence-corrected chi connectivity index (χ3v) is 7.55. The first-order valence-electron chi connectivity index (χ1n) is 15.2. The highest BCUT2D eigenvalue weighted by molar-refractivity contribution is 6.05. The third-order valence-electron chi connectivity index (χ3n) is 7.55. The minimum atomic E-state index is -0.879. The van der Waals surface area contributed by atoms with Crippen molar-refractivity contribution in [2.75, 3.05) is 28.7 Å². The zero-order valence-corrected chi connectivity index (χ0v) is 27.4. The number of hydrogen-bond donors (Lipinski definition) is 3. The fourth-order valence-electron chi connectivity index (χ4n) is 5.30. The molecule has 5 rings (SSSR count). The number of aromatic nitrogens is 2. The minimum absolute atomic E-state index is 0.0574. The van der Waals surface area contributed by atoms with Crippen LogP contribution in [0.1, 0.15) is 59.9 Å². The number of nitrogens with zero attached hydrogens (tertiary/aromatic N) is 4. The molecule has 3 N–H and O–H groups in total.